The predicted molar refractivity (Wildman–Crippen MR) is 134 cm³/mol. The molecule has 40 heavy (non-hydrogen) atoms. The van der Waals surface area contributed by atoms with Gasteiger partial charge >= 0.3 is 6.30 Å². The van der Waals surface area contributed by atoms with Gasteiger partial charge in [0.1, 0.15) is 23.0 Å². The van der Waals surface area contributed by atoms with Crippen molar-refractivity contribution in [2.24, 2.45) is 5.92 Å². The van der Waals surface area contributed by atoms with Crippen LogP contribution in [0.2, 0.25) is 0 Å². The maximum absolute atomic E-state index is 15.3. The summed E-state index contributed by atoms with van der Waals surface area (Å²) in [6, 6.07) is 7.36. The molecule has 3 fully saturated rings. The van der Waals surface area contributed by atoms with Crippen molar-refractivity contribution in [3.8, 4) is 11.3 Å². The van der Waals surface area contributed by atoms with E-state index in [0.29, 0.717) is 17.0 Å². The average Bonchev–Trinajstić information content (AvgIpc) is 3.53. The van der Waals surface area contributed by atoms with Crippen molar-refractivity contribution in [3.05, 3.63) is 77.9 Å². The summed E-state index contributed by atoms with van der Waals surface area (Å²) < 4.78 is 72.0. The highest BCUT2D eigenvalue weighted by molar-refractivity contribution is 5.99. The number of anilines is 1. The lowest BCUT2D eigenvalue weighted by molar-refractivity contribution is -0.211. The molecule has 3 heterocycles. The number of hydrogen-bond acceptors (Lipinski definition) is 5. The first-order chi connectivity index (χ1) is 19.0. The maximum atomic E-state index is 15.3. The van der Waals surface area contributed by atoms with Crippen LogP contribution in [0.5, 0.6) is 0 Å². The first-order valence-corrected chi connectivity index (χ1v) is 12.5. The van der Waals surface area contributed by atoms with E-state index in [9.17, 15) is 18.0 Å². The zero-order chi connectivity index (χ0) is 28.0. The van der Waals surface area contributed by atoms with E-state index in [1.54, 1.807) is 4.40 Å². The molecule has 0 radical (unpaired) electrons. The molecule has 0 saturated heterocycles. The summed E-state index contributed by atoms with van der Waals surface area (Å²) in [7, 11) is 0. The normalized spacial score (nSPS) is 20.0. The van der Waals surface area contributed by atoms with E-state index < -0.39 is 29.4 Å². The molecule has 3 aromatic heterocycles. The Morgan fingerprint density at radius 1 is 1.07 bits per heavy atom. The van der Waals surface area contributed by atoms with Gasteiger partial charge in [0.2, 0.25) is 0 Å². The van der Waals surface area contributed by atoms with Crippen molar-refractivity contribution in [1.29, 1.82) is 0 Å². The third-order valence-electron chi connectivity index (χ3n) is 8.08. The van der Waals surface area contributed by atoms with Crippen LogP contribution in [0.4, 0.5) is 27.8 Å². The second-order valence-electron chi connectivity index (χ2n) is 10.5. The second kappa shape index (κ2) is 8.23. The molecule has 3 saturated carbocycles. The fourth-order valence-electron chi connectivity index (χ4n) is 5.95. The van der Waals surface area contributed by atoms with E-state index in [1.165, 1.54) is 35.6 Å². The van der Waals surface area contributed by atoms with Gasteiger partial charge in [-0.3, -0.25) is 9.20 Å². The Labute approximate surface area is 222 Å². The van der Waals surface area contributed by atoms with Gasteiger partial charge < -0.3 is 10.6 Å². The molecule has 8 nitrogen and oxygen atoms in total. The zero-order valence-corrected chi connectivity index (χ0v) is 20.7. The van der Waals surface area contributed by atoms with E-state index in [4.69, 9.17) is 5.73 Å². The lowest BCUT2D eigenvalue weighted by Gasteiger charge is -2.66. The molecular weight excluding hydrogens is 533 g/mol. The van der Waals surface area contributed by atoms with Crippen molar-refractivity contribution < 1.29 is 26.7 Å². The molecular formula is C27H20F5N7O. The summed E-state index contributed by atoms with van der Waals surface area (Å²) in [5.41, 5.74) is 6.18. The molecule has 2 N–H and O–H groups in total. The van der Waals surface area contributed by atoms with Crippen LogP contribution >= 0.6 is 0 Å². The standard InChI is InChI=1S/C27H20F5N7O/c28-18-5-15(21-3-4-35-39(21)27(30,31)32)1-2-16(18)12-38(26-8-14(9-26)10-26)25(40)17-6-22-20(7-19(17)29)36-24(33)23-11-34-13-37(22)23/h1-7,11,13-14H,8-10,12H2,(H2,33,36). The van der Waals surface area contributed by atoms with E-state index in [1.807, 2.05) is 0 Å². The minimum absolute atomic E-state index is 0.0174. The lowest BCUT2D eigenvalue weighted by atomic mass is 9.49. The first-order valence-electron chi connectivity index (χ1n) is 12.5. The van der Waals surface area contributed by atoms with Crippen molar-refractivity contribution in [2.45, 2.75) is 37.6 Å². The molecule has 13 heteroatoms. The monoisotopic (exact) mass is 553 g/mol. The molecule has 3 aliphatic carbocycles. The molecule has 5 aromatic rings. The summed E-state index contributed by atoms with van der Waals surface area (Å²) in [5.74, 6) is -1.56. The topological polar surface area (TPSA) is 94.3 Å². The quantitative estimate of drug-likeness (QED) is 0.299. The van der Waals surface area contributed by atoms with Crippen LogP contribution in [0.15, 0.2) is 55.1 Å². The number of halogens is 5. The van der Waals surface area contributed by atoms with Crippen molar-refractivity contribution >= 4 is 28.3 Å². The smallest absolute Gasteiger partial charge is 0.382 e. The predicted octanol–water partition coefficient (Wildman–Crippen LogP) is 5.28. The fourth-order valence-corrected chi connectivity index (χ4v) is 5.95. The molecule has 2 bridgehead atoms. The average molecular weight is 553 g/mol. The lowest BCUT2D eigenvalue weighted by Crippen LogP contribution is -2.69. The van der Waals surface area contributed by atoms with Crippen molar-refractivity contribution in [2.75, 3.05) is 5.73 Å². The number of carbonyl (C=O) groups is 1. The molecule has 2 aromatic carbocycles. The minimum atomic E-state index is -4.77. The minimum Gasteiger partial charge on any atom is -0.382 e. The van der Waals surface area contributed by atoms with Gasteiger partial charge in [0.15, 0.2) is 0 Å². The van der Waals surface area contributed by atoms with Gasteiger partial charge in [-0.2, -0.15) is 9.78 Å². The number of nitrogens with zero attached hydrogens (tertiary/aromatic N) is 6. The van der Waals surface area contributed by atoms with E-state index >= 15 is 8.78 Å². The Bertz CT molecular complexity index is 1830. The Balaban J connectivity index is 1.26. The van der Waals surface area contributed by atoms with Crippen molar-refractivity contribution in [1.82, 2.24) is 29.0 Å². The molecule has 3 aliphatic rings. The van der Waals surface area contributed by atoms with E-state index in [-0.39, 0.29) is 44.9 Å². The van der Waals surface area contributed by atoms with Gasteiger partial charge in [-0.25, -0.2) is 18.7 Å². The Hall–Kier alpha value is -4.55. The van der Waals surface area contributed by atoms with Gasteiger partial charge in [0.05, 0.1) is 34.8 Å². The van der Waals surface area contributed by atoms with Crippen LogP contribution in [0.25, 0.3) is 27.8 Å². The van der Waals surface area contributed by atoms with Crippen LogP contribution < -0.4 is 5.73 Å². The number of nitrogens with two attached hydrogens (primary N) is 1. The molecule has 0 spiro atoms. The summed E-state index contributed by atoms with van der Waals surface area (Å²) in [5, 5.41) is 3.29. The maximum Gasteiger partial charge on any atom is 0.505 e. The Kier molecular flexibility index (Phi) is 5.04. The van der Waals surface area contributed by atoms with Crippen LogP contribution in [0.1, 0.15) is 35.2 Å². The number of amides is 1. The molecule has 0 unspecified atom stereocenters. The van der Waals surface area contributed by atoms with E-state index in [0.717, 1.165) is 43.7 Å². The molecule has 204 valence electrons. The molecule has 0 aliphatic heterocycles. The zero-order valence-electron chi connectivity index (χ0n) is 20.7. The number of fused-ring (bicyclic) bond motifs is 3. The number of hydrogen-bond donors (Lipinski definition) is 1. The van der Waals surface area contributed by atoms with Gasteiger partial charge in [-0.05, 0) is 43.4 Å². The van der Waals surface area contributed by atoms with Crippen LogP contribution in [-0.2, 0) is 12.8 Å². The third-order valence-corrected chi connectivity index (χ3v) is 8.08. The number of benzene rings is 2. The number of alkyl halides is 3. The Morgan fingerprint density at radius 2 is 1.85 bits per heavy atom. The summed E-state index contributed by atoms with van der Waals surface area (Å²) in [6.45, 7) is -0.172. The summed E-state index contributed by atoms with van der Waals surface area (Å²) in [6.07, 6.45) is 1.39. The number of nitrogen functional groups attached to an aromatic ring is 1. The first kappa shape index (κ1) is 24.5. The highest BCUT2D eigenvalue weighted by Crippen LogP contribution is 2.61. The van der Waals surface area contributed by atoms with Crippen molar-refractivity contribution in [3.63, 3.8) is 0 Å². The highest BCUT2D eigenvalue weighted by atomic mass is 19.4. The number of carbonyl (C=O) groups excluding carboxylic acids is 1. The SMILES string of the molecule is Nc1nc2cc(F)c(C(=O)N(Cc3ccc(-c4ccnn4C(F)(F)F)cc3F)C34CC(C3)C4)cc2n2cncc12. The second-order valence-corrected chi connectivity index (χ2v) is 10.5. The summed E-state index contributed by atoms with van der Waals surface area (Å²) >= 11 is 0. The fraction of sp³-hybridized carbons (Fsp3) is 0.259. The van der Waals surface area contributed by atoms with Gasteiger partial charge in [-0.15, -0.1) is 13.2 Å². The molecule has 0 atom stereocenters. The van der Waals surface area contributed by atoms with E-state index in [2.05, 4.69) is 15.1 Å². The van der Waals surface area contributed by atoms with Crippen LogP contribution in [0.3, 0.4) is 0 Å². The Morgan fingerprint density at radius 3 is 2.52 bits per heavy atom. The van der Waals surface area contributed by atoms with Gasteiger partial charge in [0, 0.05) is 35.5 Å². The van der Waals surface area contributed by atoms with Crippen LogP contribution in [0, 0.1) is 17.6 Å². The third kappa shape index (κ3) is 3.56. The molecule has 1 amide bonds. The molecule has 8 rings (SSSR count). The number of rotatable bonds is 5. The highest BCUT2D eigenvalue weighted by Gasteiger charge is 2.61. The van der Waals surface area contributed by atoms with Gasteiger partial charge in [-0.1, -0.05) is 12.1 Å². The number of imidazole rings is 1. The largest absolute Gasteiger partial charge is 0.505 e. The number of aromatic nitrogens is 5. The van der Waals surface area contributed by atoms with Crippen LogP contribution in [-0.4, -0.2) is 40.5 Å². The van der Waals surface area contributed by atoms with Gasteiger partial charge in [0.25, 0.3) is 5.91 Å². The summed E-state index contributed by atoms with van der Waals surface area (Å²) in [4.78, 5) is 23.7.